The molecule has 2 amide bonds. The Bertz CT molecular complexity index is 511. The molecule has 0 saturated carbocycles. The molecule has 116 valence electrons. The fourth-order valence-electron chi connectivity index (χ4n) is 2.23. The number of carbonyl (C=O) groups excluding carboxylic acids is 2. The van der Waals surface area contributed by atoms with Crippen LogP contribution >= 0.6 is 15.9 Å². The maximum absolute atomic E-state index is 12.4. The van der Waals surface area contributed by atoms with Gasteiger partial charge in [-0.2, -0.15) is 5.10 Å². The smallest absolute Gasteiger partial charge is 0.409 e. The van der Waals surface area contributed by atoms with Crippen LogP contribution in [0.3, 0.4) is 0 Å². The number of ether oxygens (including phenoxy) is 1. The van der Waals surface area contributed by atoms with Gasteiger partial charge in [0.25, 0.3) is 0 Å². The number of hydrogen-bond acceptors (Lipinski definition) is 4. The minimum absolute atomic E-state index is 0.00843. The fourth-order valence-corrected chi connectivity index (χ4v) is 2.53. The predicted octanol–water partition coefficient (Wildman–Crippen LogP) is 1.51. The quantitative estimate of drug-likeness (QED) is 0.821. The van der Waals surface area contributed by atoms with Gasteiger partial charge >= 0.3 is 6.09 Å². The highest BCUT2D eigenvalue weighted by Crippen LogP contribution is 2.14. The second kappa shape index (κ2) is 6.93. The highest BCUT2D eigenvalue weighted by Gasteiger charge is 2.28. The third-order valence-electron chi connectivity index (χ3n) is 3.45. The van der Waals surface area contributed by atoms with Gasteiger partial charge in [-0.15, -0.1) is 0 Å². The van der Waals surface area contributed by atoms with E-state index in [1.165, 1.54) is 0 Å². The molecule has 1 aliphatic heterocycles. The molecule has 0 aromatic carbocycles. The topological polar surface area (TPSA) is 67.7 Å². The van der Waals surface area contributed by atoms with Gasteiger partial charge in [-0.3, -0.25) is 9.48 Å². The molecule has 2 rings (SSSR count). The highest BCUT2D eigenvalue weighted by atomic mass is 79.9. The minimum Gasteiger partial charge on any atom is -0.450 e. The van der Waals surface area contributed by atoms with Crippen LogP contribution in [0, 0.1) is 0 Å². The summed E-state index contributed by atoms with van der Waals surface area (Å²) in [5.74, 6) is 0.00843. The fraction of sp³-hybridized carbons (Fsp3) is 0.615. The van der Waals surface area contributed by atoms with Gasteiger partial charge in [0, 0.05) is 32.4 Å². The summed E-state index contributed by atoms with van der Waals surface area (Å²) < 4.78 is 7.29. The second-order valence-electron chi connectivity index (χ2n) is 4.81. The molecular weight excluding hydrogens is 340 g/mol. The SMILES string of the molecule is CCOC(=O)N1CCN(C(=O)C(C)n2ccc(Br)n2)CC1. The van der Waals surface area contributed by atoms with Crippen molar-refractivity contribution in [2.45, 2.75) is 19.9 Å². The number of rotatable bonds is 3. The van der Waals surface area contributed by atoms with Crippen LogP contribution in [0.4, 0.5) is 4.79 Å². The van der Waals surface area contributed by atoms with Crippen molar-refractivity contribution in [3.05, 3.63) is 16.9 Å². The molecule has 1 aromatic rings. The number of amides is 2. The van der Waals surface area contributed by atoms with E-state index in [0.717, 1.165) is 0 Å². The van der Waals surface area contributed by atoms with Crippen molar-refractivity contribution < 1.29 is 14.3 Å². The average molecular weight is 359 g/mol. The summed E-state index contributed by atoms with van der Waals surface area (Å²) >= 11 is 3.27. The Morgan fingerprint density at radius 3 is 2.48 bits per heavy atom. The normalized spacial score (nSPS) is 16.7. The maximum Gasteiger partial charge on any atom is 0.409 e. The first kappa shape index (κ1) is 15.8. The van der Waals surface area contributed by atoms with Crippen LogP contribution < -0.4 is 0 Å². The van der Waals surface area contributed by atoms with Gasteiger partial charge in [-0.1, -0.05) is 0 Å². The minimum atomic E-state index is -0.356. The Labute approximate surface area is 132 Å². The number of halogens is 1. The van der Waals surface area contributed by atoms with Gasteiger partial charge in [0.15, 0.2) is 0 Å². The molecule has 0 N–H and O–H groups in total. The monoisotopic (exact) mass is 358 g/mol. The number of aromatic nitrogens is 2. The summed E-state index contributed by atoms with van der Waals surface area (Å²) in [6, 6.07) is 1.44. The van der Waals surface area contributed by atoms with Crippen molar-refractivity contribution >= 4 is 27.9 Å². The number of carbonyl (C=O) groups is 2. The molecule has 0 bridgehead atoms. The molecule has 1 aromatic heterocycles. The first-order chi connectivity index (χ1) is 10.0. The zero-order valence-electron chi connectivity index (χ0n) is 12.2. The molecule has 1 aliphatic rings. The Morgan fingerprint density at radius 2 is 1.95 bits per heavy atom. The Hall–Kier alpha value is -1.57. The third kappa shape index (κ3) is 3.75. The molecule has 1 saturated heterocycles. The molecule has 0 radical (unpaired) electrons. The first-order valence-corrected chi connectivity index (χ1v) is 7.73. The summed E-state index contributed by atoms with van der Waals surface area (Å²) in [6.07, 6.45) is 1.45. The van der Waals surface area contributed by atoms with Crippen LogP contribution in [0.1, 0.15) is 19.9 Å². The molecule has 8 heteroatoms. The van der Waals surface area contributed by atoms with Crippen molar-refractivity contribution in [3.63, 3.8) is 0 Å². The molecule has 1 atom stereocenters. The average Bonchev–Trinajstić information content (AvgIpc) is 2.92. The lowest BCUT2D eigenvalue weighted by Crippen LogP contribution is -2.52. The van der Waals surface area contributed by atoms with E-state index >= 15 is 0 Å². The highest BCUT2D eigenvalue weighted by molar-refractivity contribution is 9.10. The zero-order chi connectivity index (χ0) is 15.4. The lowest BCUT2D eigenvalue weighted by Gasteiger charge is -2.35. The molecule has 7 nitrogen and oxygen atoms in total. The van der Waals surface area contributed by atoms with Crippen molar-refractivity contribution in [1.29, 1.82) is 0 Å². The van der Waals surface area contributed by atoms with Crippen LogP contribution in [-0.4, -0.2) is 64.4 Å². The van der Waals surface area contributed by atoms with Crippen LogP contribution in [0.15, 0.2) is 16.9 Å². The van der Waals surface area contributed by atoms with Gasteiger partial charge in [0.2, 0.25) is 5.91 Å². The molecule has 0 aliphatic carbocycles. The summed E-state index contributed by atoms with van der Waals surface area (Å²) in [5, 5.41) is 4.20. The first-order valence-electron chi connectivity index (χ1n) is 6.94. The Morgan fingerprint density at radius 1 is 1.33 bits per heavy atom. The molecule has 2 heterocycles. The van der Waals surface area contributed by atoms with E-state index in [1.807, 2.05) is 6.92 Å². The lowest BCUT2D eigenvalue weighted by atomic mass is 10.2. The second-order valence-corrected chi connectivity index (χ2v) is 5.62. The van der Waals surface area contributed by atoms with Crippen molar-refractivity contribution in [1.82, 2.24) is 19.6 Å². The van der Waals surface area contributed by atoms with Gasteiger partial charge < -0.3 is 14.5 Å². The Balaban J connectivity index is 1.89. The van der Waals surface area contributed by atoms with E-state index < -0.39 is 0 Å². The Kier molecular flexibility index (Phi) is 5.22. The van der Waals surface area contributed by atoms with E-state index in [4.69, 9.17) is 4.74 Å². The van der Waals surface area contributed by atoms with Crippen LogP contribution in [-0.2, 0) is 9.53 Å². The molecule has 1 fully saturated rings. The van der Waals surface area contributed by atoms with Crippen molar-refractivity contribution in [3.8, 4) is 0 Å². The summed E-state index contributed by atoms with van der Waals surface area (Å²) in [6.45, 7) is 6.00. The van der Waals surface area contributed by atoms with Crippen LogP contribution in [0.5, 0.6) is 0 Å². The number of hydrogen-bond donors (Lipinski definition) is 0. The van der Waals surface area contributed by atoms with E-state index in [9.17, 15) is 9.59 Å². The van der Waals surface area contributed by atoms with Crippen molar-refractivity contribution in [2.75, 3.05) is 32.8 Å². The standard InChI is InChI=1S/C13H19BrN4O3/c1-3-21-13(20)17-8-6-16(7-9-17)12(19)10(2)18-5-4-11(14)15-18/h4-5,10H,3,6-9H2,1-2H3. The van der Waals surface area contributed by atoms with Gasteiger partial charge in [0.05, 0.1) is 6.61 Å². The zero-order valence-corrected chi connectivity index (χ0v) is 13.7. The van der Waals surface area contributed by atoms with E-state index in [2.05, 4.69) is 21.0 Å². The molecular formula is C13H19BrN4O3. The van der Waals surface area contributed by atoms with E-state index in [0.29, 0.717) is 37.4 Å². The number of piperazine rings is 1. The van der Waals surface area contributed by atoms with Gasteiger partial charge in [-0.25, -0.2) is 4.79 Å². The predicted molar refractivity (Wildman–Crippen MR) is 79.8 cm³/mol. The van der Waals surface area contributed by atoms with E-state index in [1.54, 1.807) is 33.7 Å². The third-order valence-corrected chi connectivity index (χ3v) is 3.87. The summed E-state index contributed by atoms with van der Waals surface area (Å²) in [5.41, 5.74) is 0. The molecule has 21 heavy (non-hydrogen) atoms. The summed E-state index contributed by atoms with van der Waals surface area (Å²) in [7, 11) is 0. The number of nitrogens with zero attached hydrogens (tertiary/aromatic N) is 4. The van der Waals surface area contributed by atoms with Crippen molar-refractivity contribution in [2.24, 2.45) is 0 Å². The maximum atomic E-state index is 12.4. The lowest BCUT2D eigenvalue weighted by molar-refractivity contribution is -0.136. The molecule has 1 unspecified atom stereocenters. The van der Waals surface area contributed by atoms with Gasteiger partial charge in [0.1, 0.15) is 10.6 Å². The largest absolute Gasteiger partial charge is 0.450 e. The van der Waals surface area contributed by atoms with Crippen LogP contribution in [0.2, 0.25) is 0 Å². The summed E-state index contributed by atoms with van der Waals surface area (Å²) in [4.78, 5) is 27.4. The van der Waals surface area contributed by atoms with E-state index in [-0.39, 0.29) is 18.0 Å². The van der Waals surface area contributed by atoms with Crippen LogP contribution in [0.25, 0.3) is 0 Å². The molecule has 0 spiro atoms. The van der Waals surface area contributed by atoms with Gasteiger partial charge in [-0.05, 0) is 35.8 Å².